The minimum atomic E-state index is 0.704. The van der Waals surface area contributed by atoms with E-state index in [1.54, 1.807) is 0 Å². The van der Waals surface area contributed by atoms with Gasteiger partial charge in [-0.15, -0.1) is 0 Å². The van der Waals surface area contributed by atoms with E-state index in [0.29, 0.717) is 13.1 Å². The van der Waals surface area contributed by atoms with Crippen molar-refractivity contribution in [2.45, 2.75) is 13.8 Å². The fourth-order valence-electron chi connectivity index (χ4n) is 2.69. The molecule has 26 heavy (non-hydrogen) atoms. The Morgan fingerprint density at radius 2 is 1.00 bits per heavy atom. The fraction of sp³-hybridized carbons (Fsp3) is 1.00. The third-order valence-electron chi connectivity index (χ3n) is 4.36. The van der Waals surface area contributed by atoms with Crippen LogP contribution in [0.15, 0.2) is 0 Å². The Hall–Kier alpha value is -0.320. The van der Waals surface area contributed by atoms with Crippen molar-refractivity contribution in [1.82, 2.24) is 31.1 Å². The van der Waals surface area contributed by atoms with Crippen molar-refractivity contribution in [1.29, 1.82) is 0 Å². The molecule has 0 spiro atoms. The molecule has 8 N–H and O–H groups in total. The van der Waals surface area contributed by atoms with Crippen molar-refractivity contribution < 1.29 is 0 Å². The van der Waals surface area contributed by atoms with Gasteiger partial charge in [-0.1, -0.05) is 13.8 Å². The lowest BCUT2D eigenvalue weighted by molar-refractivity contribution is 0.209. The molecule has 0 unspecified atom stereocenters. The van der Waals surface area contributed by atoms with E-state index in [0.717, 1.165) is 91.6 Å². The van der Waals surface area contributed by atoms with Crippen LogP contribution in [0.5, 0.6) is 0 Å². The number of nitrogens with one attached hydrogen (secondary N) is 4. The first kappa shape index (κ1) is 25.7. The van der Waals surface area contributed by atoms with Gasteiger partial charge in [-0.25, -0.2) is 0 Å². The average Bonchev–Trinajstić information content (AvgIpc) is 2.66. The summed E-state index contributed by atoms with van der Waals surface area (Å²) in [5.74, 6) is 0. The molecule has 0 saturated carbocycles. The minimum Gasteiger partial charge on any atom is -0.329 e. The molecule has 0 bridgehead atoms. The van der Waals surface area contributed by atoms with Crippen molar-refractivity contribution in [3.8, 4) is 0 Å². The van der Waals surface area contributed by atoms with Gasteiger partial charge >= 0.3 is 0 Å². The Bertz CT molecular complexity index is 268. The molecule has 0 aliphatic carbocycles. The van der Waals surface area contributed by atoms with E-state index < -0.39 is 0 Å². The molecule has 0 rings (SSSR count). The number of hydrogen-bond acceptors (Lipinski definition) is 8. The van der Waals surface area contributed by atoms with Crippen molar-refractivity contribution in [3.63, 3.8) is 0 Å². The van der Waals surface area contributed by atoms with Crippen molar-refractivity contribution >= 4 is 0 Å². The topological polar surface area (TPSA) is 107 Å². The van der Waals surface area contributed by atoms with E-state index in [1.165, 1.54) is 0 Å². The quantitative estimate of drug-likeness (QED) is 0.127. The number of likely N-dealkylation sites (N-methyl/N-ethyl adjacent to an activating group) is 2. The molecular weight excluding hydrogens is 328 g/mol. The van der Waals surface area contributed by atoms with Crippen LogP contribution in [0, 0.1) is 0 Å². The van der Waals surface area contributed by atoms with Gasteiger partial charge in [0, 0.05) is 91.6 Å². The monoisotopic (exact) mass is 374 g/mol. The maximum Gasteiger partial charge on any atom is 0.0110 e. The highest BCUT2D eigenvalue weighted by atomic mass is 15.2. The van der Waals surface area contributed by atoms with E-state index in [1.807, 2.05) is 0 Å². The Morgan fingerprint density at radius 1 is 0.538 bits per heavy atom. The molecule has 0 fully saturated rings. The van der Waals surface area contributed by atoms with Gasteiger partial charge in [0.1, 0.15) is 0 Å². The number of hydrogen-bond donors (Lipinski definition) is 6. The molecule has 0 amide bonds. The second kappa shape index (κ2) is 21.0. The van der Waals surface area contributed by atoms with E-state index >= 15 is 0 Å². The van der Waals surface area contributed by atoms with Crippen LogP contribution < -0.4 is 32.7 Å². The third kappa shape index (κ3) is 17.1. The maximum atomic E-state index is 5.54. The number of nitrogens with two attached hydrogens (primary N) is 2. The summed E-state index contributed by atoms with van der Waals surface area (Å²) in [4.78, 5) is 5.06. The van der Waals surface area contributed by atoms with Gasteiger partial charge in [-0.3, -0.25) is 4.90 Å². The van der Waals surface area contributed by atoms with Crippen LogP contribution >= 0.6 is 0 Å². The highest BCUT2D eigenvalue weighted by Gasteiger charge is 2.08. The Balaban J connectivity index is 3.92. The summed E-state index contributed by atoms with van der Waals surface area (Å²) < 4.78 is 0. The first-order valence-corrected chi connectivity index (χ1v) is 10.5. The molecule has 0 aliphatic heterocycles. The lowest BCUT2D eigenvalue weighted by Crippen LogP contribution is -2.43. The zero-order valence-electron chi connectivity index (χ0n) is 17.4. The molecule has 0 aliphatic rings. The molecule has 0 aromatic heterocycles. The van der Waals surface area contributed by atoms with Crippen molar-refractivity contribution in [2.75, 3.05) is 105 Å². The third-order valence-corrected chi connectivity index (χ3v) is 4.36. The largest absolute Gasteiger partial charge is 0.329 e. The summed E-state index contributed by atoms with van der Waals surface area (Å²) in [6.45, 7) is 20.3. The highest BCUT2D eigenvalue weighted by Crippen LogP contribution is 1.92. The molecule has 0 aromatic rings. The summed E-state index contributed by atoms with van der Waals surface area (Å²) in [5, 5.41) is 13.6. The summed E-state index contributed by atoms with van der Waals surface area (Å²) in [6.07, 6.45) is 0. The summed E-state index contributed by atoms with van der Waals surface area (Å²) in [6, 6.07) is 0. The maximum absolute atomic E-state index is 5.54. The molecule has 8 heteroatoms. The molecule has 158 valence electrons. The van der Waals surface area contributed by atoms with E-state index in [-0.39, 0.29) is 0 Å². The van der Waals surface area contributed by atoms with Gasteiger partial charge in [-0.05, 0) is 13.1 Å². The van der Waals surface area contributed by atoms with E-state index in [4.69, 9.17) is 11.5 Å². The van der Waals surface area contributed by atoms with Crippen LogP contribution in [-0.4, -0.2) is 115 Å². The van der Waals surface area contributed by atoms with Crippen molar-refractivity contribution in [3.05, 3.63) is 0 Å². The Morgan fingerprint density at radius 3 is 1.54 bits per heavy atom. The van der Waals surface area contributed by atoms with Crippen LogP contribution in [0.25, 0.3) is 0 Å². The normalized spacial score (nSPS) is 11.8. The second-order valence-electron chi connectivity index (χ2n) is 6.46. The fourth-order valence-corrected chi connectivity index (χ4v) is 2.69. The van der Waals surface area contributed by atoms with Gasteiger partial charge in [-0.2, -0.15) is 0 Å². The molecule has 0 atom stereocenters. The Kier molecular flexibility index (Phi) is 20.7. The molecular formula is C18H46N8. The molecule has 0 aromatic carbocycles. The molecule has 0 radical (unpaired) electrons. The molecule has 8 nitrogen and oxygen atoms in total. The molecule has 0 heterocycles. The van der Waals surface area contributed by atoms with E-state index in [2.05, 4.69) is 44.9 Å². The van der Waals surface area contributed by atoms with Gasteiger partial charge in [0.2, 0.25) is 0 Å². The highest BCUT2D eigenvalue weighted by molar-refractivity contribution is 4.66. The lowest BCUT2D eigenvalue weighted by atomic mass is 10.3. The number of nitrogens with zero attached hydrogens (tertiary/aromatic N) is 2. The van der Waals surface area contributed by atoms with Crippen LogP contribution in [0.3, 0.4) is 0 Å². The lowest BCUT2D eigenvalue weighted by Gasteiger charge is -2.27. The van der Waals surface area contributed by atoms with Gasteiger partial charge in [0.15, 0.2) is 0 Å². The van der Waals surface area contributed by atoms with Gasteiger partial charge < -0.3 is 37.6 Å². The smallest absolute Gasteiger partial charge is 0.0110 e. The first-order chi connectivity index (χ1) is 12.8. The van der Waals surface area contributed by atoms with Crippen LogP contribution in [0.4, 0.5) is 0 Å². The van der Waals surface area contributed by atoms with Gasteiger partial charge in [0.25, 0.3) is 0 Å². The predicted molar refractivity (Wildman–Crippen MR) is 114 cm³/mol. The SMILES string of the molecule is CCNCCN(CCNCCN)CCN(CC)CCNCCNCCN. The zero-order chi connectivity index (χ0) is 19.3. The summed E-state index contributed by atoms with van der Waals surface area (Å²) in [7, 11) is 0. The number of rotatable bonds is 21. The summed E-state index contributed by atoms with van der Waals surface area (Å²) in [5.41, 5.74) is 11.0. The Labute approximate surface area is 161 Å². The first-order valence-electron chi connectivity index (χ1n) is 10.5. The minimum absolute atomic E-state index is 0.704. The van der Waals surface area contributed by atoms with Gasteiger partial charge in [0.05, 0.1) is 0 Å². The predicted octanol–water partition coefficient (Wildman–Crippen LogP) is -2.09. The second-order valence-corrected chi connectivity index (χ2v) is 6.46. The van der Waals surface area contributed by atoms with Crippen molar-refractivity contribution in [2.24, 2.45) is 11.5 Å². The zero-order valence-corrected chi connectivity index (χ0v) is 17.4. The molecule has 0 saturated heterocycles. The van der Waals surface area contributed by atoms with Crippen LogP contribution in [-0.2, 0) is 0 Å². The van der Waals surface area contributed by atoms with Crippen LogP contribution in [0.1, 0.15) is 13.8 Å². The standard InChI is InChI=1S/C18H46N8/c1-3-21-11-15-26(16-13-23-8-6-20)18-17-25(4-2)14-12-24-10-9-22-7-5-19/h21-24H,3-20H2,1-2H3. The van der Waals surface area contributed by atoms with Crippen LogP contribution in [0.2, 0.25) is 0 Å². The van der Waals surface area contributed by atoms with E-state index in [9.17, 15) is 0 Å². The summed E-state index contributed by atoms with van der Waals surface area (Å²) >= 11 is 0. The average molecular weight is 375 g/mol.